The highest BCUT2D eigenvalue weighted by Crippen LogP contribution is 2.27. The van der Waals surface area contributed by atoms with E-state index in [1.807, 2.05) is 28.9 Å². The van der Waals surface area contributed by atoms with E-state index in [1.165, 1.54) is 7.11 Å². The van der Waals surface area contributed by atoms with Gasteiger partial charge < -0.3 is 13.9 Å². The molecule has 3 rings (SSSR count). The summed E-state index contributed by atoms with van der Waals surface area (Å²) in [6, 6.07) is 5.54. The van der Waals surface area contributed by atoms with Crippen molar-refractivity contribution in [1.82, 2.24) is 14.4 Å². The number of ether oxygens (including phenoxy) is 2. The molecule has 3 aromatic heterocycles. The van der Waals surface area contributed by atoms with Gasteiger partial charge in [-0.1, -0.05) is 11.6 Å². The highest BCUT2D eigenvalue weighted by Gasteiger charge is 2.09. The minimum atomic E-state index is 0.404. The van der Waals surface area contributed by atoms with Crippen LogP contribution in [0.1, 0.15) is 0 Å². The molecule has 0 aliphatic rings. The summed E-state index contributed by atoms with van der Waals surface area (Å²) in [5.41, 5.74) is 2.45. The van der Waals surface area contributed by atoms with Crippen LogP contribution in [0.25, 0.3) is 16.9 Å². The summed E-state index contributed by atoms with van der Waals surface area (Å²) < 4.78 is 12.1. The van der Waals surface area contributed by atoms with E-state index in [0.29, 0.717) is 10.9 Å². The van der Waals surface area contributed by atoms with Gasteiger partial charge in [0.05, 0.1) is 26.1 Å². The second-order valence-corrected chi connectivity index (χ2v) is 4.58. The summed E-state index contributed by atoms with van der Waals surface area (Å²) in [5, 5.41) is 0.458. The molecule has 20 heavy (non-hydrogen) atoms. The second kappa shape index (κ2) is 5.02. The first-order valence-corrected chi connectivity index (χ1v) is 6.31. The van der Waals surface area contributed by atoms with Crippen LogP contribution in [0.15, 0.2) is 36.8 Å². The predicted octanol–water partition coefficient (Wildman–Crippen LogP) is 3.07. The van der Waals surface area contributed by atoms with Crippen molar-refractivity contribution in [2.24, 2.45) is 0 Å². The number of fused-ring (bicyclic) bond motifs is 1. The molecule has 102 valence electrons. The number of halogens is 1. The molecule has 0 atom stereocenters. The van der Waals surface area contributed by atoms with Crippen LogP contribution in [-0.4, -0.2) is 28.6 Å². The number of nitrogens with zero attached hydrogens (tertiary/aromatic N) is 3. The molecule has 0 amide bonds. The van der Waals surface area contributed by atoms with E-state index >= 15 is 0 Å². The Morgan fingerprint density at radius 3 is 2.70 bits per heavy atom. The SMILES string of the molecule is COc1ccc2nc(-c3cnc(OC)c(Cl)c3)cn2c1. The zero-order valence-corrected chi connectivity index (χ0v) is 11.8. The van der Waals surface area contributed by atoms with Crippen molar-refractivity contribution in [2.45, 2.75) is 0 Å². The molecular weight excluding hydrogens is 278 g/mol. The maximum Gasteiger partial charge on any atom is 0.232 e. The van der Waals surface area contributed by atoms with Gasteiger partial charge in [-0.2, -0.15) is 0 Å². The number of pyridine rings is 2. The molecule has 0 saturated heterocycles. The van der Waals surface area contributed by atoms with Gasteiger partial charge in [0.1, 0.15) is 16.4 Å². The maximum atomic E-state index is 6.08. The number of rotatable bonds is 3. The average Bonchev–Trinajstić information content (AvgIpc) is 2.89. The Bertz CT molecular complexity index is 770. The molecular formula is C14H12ClN3O2. The highest BCUT2D eigenvalue weighted by atomic mass is 35.5. The fourth-order valence-electron chi connectivity index (χ4n) is 1.95. The molecule has 3 aromatic rings. The molecule has 0 N–H and O–H groups in total. The van der Waals surface area contributed by atoms with E-state index in [9.17, 15) is 0 Å². The van der Waals surface area contributed by atoms with Gasteiger partial charge in [0.2, 0.25) is 5.88 Å². The zero-order valence-electron chi connectivity index (χ0n) is 11.0. The molecule has 0 radical (unpaired) electrons. The van der Waals surface area contributed by atoms with E-state index in [-0.39, 0.29) is 0 Å². The lowest BCUT2D eigenvalue weighted by atomic mass is 10.2. The third-order valence-corrected chi connectivity index (χ3v) is 3.23. The quantitative estimate of drug-likeness (QED) is 0.743. The van der Waals surface area contributed by atoms with Gasteiger partial charge >= 0.3 is 0 Å². The normalized spacial score (nSPS) is 10.8. The van der Waals surface area contributed by atoms with Crippen molar-refractivity contribution in [1.29, 1.82) is 0 Å². The lowest BCUT2D eigenvalue weighted by molar-refractivity contribution is 0.398. The summed E-state index contributed by atoms with van der Waals surface area (Å²) >= 11 is 6.08. The van der Waals surface area contributed by atoms with Crippen LogP contribution in [0.4, 0.5) is 0 Å². The molecule has 6 heteroatoms. The van der Waals surface area contributed by atoms with Gasteiger partial charge in [-0.05, 0) is 18.2 Å². The number of aromatic nitrogens is 3. The first-order valence-electron chi connectivity index (χ1n) is 5.94. The van der Waals surface area contributed by atoms with Gasteiger partial charge in [0.15, 0.2) is 0 Å². The Kier molecular flexibility index (Phi) is 3.20. The zero-order chi connectivity index (χ0) is 14.1. The van der Waals surface area contributed by atoms with Crippen molar-refractivity contribution in [3.05, 3.63) is 41.8 Å². The molecule has 0 bridgehead atoms. The minimum absolute atomic E-state index is 0.404. The molecule has 5 nitrogen and oxygen atoms in total. The maximum absolute atomic E-state index is 6.08. The third kappa shape index (κ3) is 2.16. The van der Waals surface area contributed by atoms with Gasteiger partial charge in [-0.25, -0.2) is 9.97 Å². The Morgan fingerprint density at radius 2 is 2.00 bits per heavy atom. The predicted molar refractivity (Wildman–Crippen MR) is 76.5 cm³/mol. The first kappa shape index (κ1) is 12.7. The fraction of sp³-hybridized carbons (Fsp3) is 0.143. The van der Waals surface area contributed by atoms with Crippen LogP contribution < -0.4 is 9.47 Å². The average molecular weight is 290 g/mol. The van der Waals surface area contributed by atoms with E-state index < -0.39 is 0 Å². The van der Waals surface area contributed by atoms with Gasteiger partial charge in [0, 0.05) is 18.0 Å². The van der Waals surface area contributed by atoms with E-state index in [0.717, 1.165) is 22.7 Å². The lowest BCUT2D eigenvalue weighted by Crippen LogP contribution is -1.89. The first-order chi connectivity index (χ1) is 9.71. The standard InChI is InChI=1S/C14H12ClN3O2/c1-19-10-3-4-13-17-12(8-18(13)7-10)9-5-11(15)14(20-2)16-6-9/h3-8H,1-2H3. The summed E-state index contributed by atoms with van der Waals surface area (Å²) in [5.74, 6) is 1.17. The van der Waals surface area contributed by atoms with Gasteiger partial charge in [-0.15, -0.1) is 0 Å². The monoisotopic (exact) mass is 289 g/mol. The van der Waals surface area contributed by atoms with Crippen LogP contribution in [0.3, 0.4) is 0 Å². The Labute approximate surface area is 120 Å². The van der Waals surface area contributed by atoms with Crippen molar-refractivity contribution in [3.8, 4) is 22.9 Å². The number of hydrogen-bond donors (Lipinski definition) is 0. The number of hydrogen-bond acceptors (Lipinski definition) is 4. The summed E-state index contributed by atoms with van der Waals surface area (Å²) in [4.78, 5) is 8.67. The van der Waals surface area contributed by atoms with Crippen molar-refractivity contribution >= 4 is 17.2 Å². The van der Waals surface area contributed by atoms with E-state index in [4.69, 9.17) is 21.1 Å². The number of methoxy groups -OCH3 is 2. The summed E-state index contributed by atoms with van der Waals surface area (Å²) in [7, 11) is 3.16. The minimum Gasteiger partial charge on any atom is -0.495 e. The van der Waals surface area contributed by atoms with E-state index in [2.05, 4.69) is 9.97 Å². The molecule has 0 aliphatic carbocycles. The Hall–Kier alpha value is -2.27. The molecule has 0 saturated carbocycles. The summed E-state index contributed by atoms with van der Waals surface area (Å²) in [6.07, 6.45) is 5.45. The van der Waals surface area contributed by atoms with Crippen LogP contribution in [-0.2, 0) is 0 Å². The Balaban J connectivity index is 2.07. The Morgan fingerprint density at radius 1 is 1.15 bits per heavy atom. The third-order valence-electron chi connectivity index (χ3n) is 2.96. The molecule has 0 unspecified atom stereocenters. The van der Waals surface area contributed by atoms with Crippen molar-refractivity contribution < 1.29 is 9.47 Å². The van der Waals surface area contributed by atoms with E-state index in [1.54, 1.807) is 19.4 Å². The molecule has 0 aromatic carbocycles. The van der Waals surface area contributed by atoms with Crippen LogP contribution in [0, 0.1) is 0 Å². The largest absolute Gasteiger partial charge is 0.495 e. The van der Waals surface area contributed by atoms with Crippen LogP contribution in [0.2, 0.25) is 5.02 Å². The van der Waals surface area contributed by atoms with Crippen molar-refractivity contribution in [2.75, 3.05) is 14.2 Å². The molecule has 0 aliphatic heterocycles. The fourth-order valence-corrected chi connectivity index (χ4v) is 2.19. The summed E-state index contributed by atoms with van der Waals surface area (Å²) in [6.45, 7) is 0. The molecule has 3 heterocycles. The molecule has 0 fully saturated rings. The lowest BCUT2D eigenvalue weighted by Gasteiger charge is -2.02. The van der Waals surface area contributed by atoms with Crippen LogP contribution >= 0.6 is 11.6 Å². The van der Waals surface area contributed by atoms with Crippen molar-refractivity contribution in [3.63, 3.8) is 0 Å². The van der Waals surface area contributed by atoms with Gasteiger partial charge in [0.25, 0.3) is 0 Å². The topological polar surface area (TPSA) is 48.7 Å². The number of imidazole rings is 1. The second-order valence-electron chi connectivity index (χ2n) is 4.18. The highest BCUT2D eigenvalue weighted by molar-refractivity contribution is 6.32. The van der Waals surface area contributed by atoms with Gasteiger partial charge in [-0.3, -0.25) is 0 Å². The smallest absolute Gasteiger partial charge is 0.232 e. The van der Waals surface area contributed by atoms with Crippen LogP contribution in [0.5, 0.6) is 11.6 Å². The molecule has 0 spiro atoms.